The topological polar surface area (TPSA) is 34.9 Å². The Morgan fingerprint density at radius 3 is 2.29 bits per heavy atom. The molecule has 0 bridgehead atoms. The minimum Gasteiger partial charge on any atom is -0.303 e. The summed E-state index contributed by atoms with van der Waals surface area (Å²) >= 11 is 0. The van der Waals surface area contributed by atoms with Crippen molar-refractivity contribution in [1.29, 1.82) is 0 Å². The summed E-state index contributed by atoms with van der Waals surface area (Å²) in [5.74, 6) is 0. The van der Waals surface area contributed by atoms with Crippen LogP contribution in [0.15, 0.2) is 6.20 Å². The second-order valence-corrected chi connectivity index (χ2v) is 6.26. The summed E-state index contributed by atoms with van der Waals surface area (Å²) < 4.78 is 1.90. The quantitative estimate of drug-likeness (QED) is 0.737. The van der Waals surface area contributed by atoms with Crippen LogP contribution in [0, 0.1) is 12.3 Å². The summed E-state index contributed by atoms with van der Waals surface area (Å²) in [6, 6.07) is 0. The lowest BCUT2D eigenvalue weighted by Gasteiger charge is -2.28. The molecule has 0 aliphatic rings. The number of hydrogen-bond donors (Lipinski definition) is 0. The standard InChI is InChI=1S/C14H24N2O/c1-11-12(9-15-16(11)6)14(4,5)8-7-13(2,3)10-17/h9-10H,7-8H2,1-6H3. The van der Waals surface area contributed by atoms with Crippen LogP contribution < -0.4 is 0 Å². The van der Waals surface area contributed by atoms with E-state index in [-0.39, 0.29) is 10.8 Å². The van der Waals surface area contributed by atoms with Gasteiger partial charge in [-0.25, -0.2) is 0 Å². The van der Waals surface area contributed by atoms with Crippen molar-refractivity contribution in [3.63, 3.8) is 0 Å². The third-order valence-corrected chi connectivity index (χ3v) is 3.68. The second kappa shape index (κ2) is 4.63. The zero-order valence-electron chi connectivity index (χ0n) is 11.9. The highest BCUT2D eigenvalue weighted by Crippen LogP contribution is 2.34. The molecule has 1 aromatic heterocycles. The average molecular weight is 236 g/mol. The van der Waals surface area contributed by atoms with Crippen LogP contribution in [0.4, 0.5) is 0 Å². The van der Waals surface area contributed by atoms with E-state index >= 15 is 0 Å². The molecular formula is C14H24N2O. The molecule has 0 spiro atoms. The molecule has 0 unspecified atom stereocenters. The van der Waals surface area contributed by atoms with E-state index in [0.717, 1.165) is 19.1 Å². The Morgan fingerprint density at radius 1 is 1.29 bits per heavy atom. The average Bonchev–Trinajstić information content (AvgIpc) is 2.58. The monoisotopic (exact) mass is 236 g/mol. The van der Waals surface area contributed by atoms with E-state index in [0.29, 0.717) is 0 Å². The number of aromatic nitrogens is 2. The van der Waals surface area contributed by atoms with Crippen LogP contribution in [0.2, 0.25) is 0 Å². The molecule has 0 radical (unpaired) electrons. The number of aldehydes is 1. The van der Waals surface area contributed by atoms with E-state index in [4.69, 9.17) is 0 Å². The molecule has 0 fully saturated rings. The Morgan fingerprint density at radius 2 is 1.88 bits per heavy atom. The number of rotatable bonds is 5. The van der Waals surface area contributed by atoms with Crippen molar-refractivity contribution in [2.24, 2.45) is 12.5 Å². The van der Waals surface area contributed by atoms with Gasteiger partial charge < -0.3 is 4.79 Å². The summed E-state index contributed by atoms with van der Waals surface area (Å²) in [4.78, 5) is 10.9. The summed E-state index contributed by atoms with van der Waals surface area (Å²) in [5, 5.41) is 4.29. The predicted octanol–water partition coefficient (Wildman–Crippen LogP) is 3.01. The zero-order chi connectivity index (χ0) is 13.3. The van der Waals surface area contributed by atoms with E-state index < -0.39 is 0 Å². The minimum absolute atomic E-state index is 0.0681. The normalized spacial score (nSPS) is 12.8. The molecule has 1 aromatic rings. The molecule has 0 saturated heterocycles. The summed E-state index contributed by atoms with van der Waals surface area (Å²) in [5.41, 5.74) is 2.33. The van der Waals surface area contributed by atoms with E-state index in [9.17, 15) is 4.79 Å². The van der Waals surface area contributed by atoms with Crippen molar-refractivity contribution in [1.82, 2.24) is 9.78 Å². The van der Waals surface area contributed by atoms with Crippen molar-refractivity contribution >= 4 is 6.29 Å². The third kappa shape index (κ3) is 3.18. The number of aryl methyl sites for hydroxylation is 1. The Labute approximate surface area is 104 Å². The zero-order valence-corrected chi connectivity index (χ0v) is 11.9. The maximum atomic E-state index is 10.9. The van der Waals surface area contributed by atoms with Gasteiger partial charge in [0.05, 0.1) is 6.20 Å². The summed E-state index contributed by atoms with van der Waals surface area (Å²) in [7, 11) is 1.96. The van der Waals surface area contributed by atoms with Crippen LogP contribution in [-0.2, 0) is 17.3 Å². The largest absolute Gasteiger partial charge is 0.303 e. The fourth-order valence-electron chi connectivity index (χ4n) is 1.99. The van der Waals surface area contributed by atoms with Crippen molar-refractivity contribution < 1.29 is 4.79 Å². The molecule has 0 saturated carbocycles. The Bertz CT molecular complexity index is 402. The molecule has 96 valence electrons. The molecule has 0 aromatic carbocycles. The predicted molar refractivity (Wildman–Crippen MR) is 70.1 cm³/mol. The fraction of sp³-hybridized carbons (Fsp3) is 0.714. The van der Waals surface area contributed by atoms with Gasteiger partial charge >= 0.3 is 0 Å². The van der Waals surface area contributed by atoms with Crippen LogP contribution >= 0.6 is 0 Å². The van der Waals surface area contributed by atoms with E-state index in [1.165, 1.54) is 11.3 Å². The minimum atomic E-state index is -0.229. The molecule has 0 N–H and O–H groups in total. The van der Waals surface area contributed by atoms with Gasteiger partial charge in [0, 0.05) is 18.2 Å². The molecular weight excluding hydrogens is 212 g/mol. The van der Waals surface area contributed by atoms with E-state index in [1.807, 2.05) is 31.8 Å². The van der Waals surface area contributed by atoms with Crippen LogP contribution in [0.1, 0.15) is 51.8 Å². The summed E-state index contributed by atoms with van der Waals surface area (Å²) in [6.45, 7) is 10.5. The molecule has 0 amide bonds. The Kier molecular flexibility index (Phi) is 3.80. The highest BCUT2D eigenvalue weighted by Gasteiger charge is 2.28. The highest BCUT2D eigenvalue weighted by molar-refractivity contribution is 5.57. The van der Waals surface area contributed by atoms with Gasteiger partial charge in [0.15, 0.2) is 0 Å². The highest BCUT2D eigenvalue weighted by atomic mass is 16.1. The number of hydrogen-bond acceptors (Lipinski definition) is 2. The SMILES string of the molecule is Cc1c(C(C)(C)CCC(C)(C)C=O)cnn1C. The number of carbonyl (C=O) groups excluding carboxylic acids is 1. The van der Waals surface area contributed by atoms with Gasteiger partial charge in [-0.1, -0.05) is 27.7 Å². The lowest BCUT2D eigenvalue weighted by molar-refractivity contribution is -0.115. The fourth-order valence-corrected chi connectivity index (χ4v) is 1.99. The Balaban J connectivity index is 2.82. The van der Waals surface area contributed by atoms with E-state index in [2.05, 4.69) is 25.9 Å². The first-order valence-electron chi connectivity index (χ1n) is 6.15. The smallest absolute Gasteiger partial charge is 0.125 e. The number of carbonyl (C=O) groups is 1. The molecule has 0 aliphatic carbocycles. The van der Waals surface area contributed by atoms with Gasteiger partial charge in [-0.2, -0.15) is 5.10 Å². The van der Waals surface area contributed by atoms with Crippen LogP contribution in [0.3, 0.4) is 0 Å². The molecule has 0 atom stereocenters. The summed E-state index contributed by atoms with van der Waals surface area (Å²) in [6.07, 6.45) is 4.89. The number of nitrogens with zero attached hydrogens (tertiary/aromatic N) is 2. The molecule has 1 rings (SSSR count). The van der Waals surface area contributed by atoms with Gasteiger partial charge in [-0.15, -0.1) is 0 Å². The van der Waals surface area contributed by atoms with Crippen molar-refractivity contribution in [2.75, 3.05) is 0 Å². The van der Waals surface area contributed by atoms with E-state index in [1.54, 1.807) is 0 Å². The first-order valence-corrected chi connectivity index (χ1v) is 6.15. The second-order valence-electron chi connectivity index (χ2n) is 6.26. The lowest BCUT2D eigenvalue weighted by Crippen LogP contribution is -2.23. The van der Waals surface area contributed by atoms with Crippen molar-refractivity contribution in [2.45, 2.75) is 52.9 Å². The Hall–Kier alpha value is -1.12. The van der Waals surface area contributed by atoms with Crippen LogP contribution in [0.5, 0.6) is 0 Å². The molecule has 0 aliphatic heterocycles. The van der Waals surface area contributed by atoms with Gasteiger partial charge in [-0.05, 0) is 30.7 Å². The van der Waals surface area contributed by atoms with Gasteiger partial charge in [0.25, 0.3) is 0 Å². The molecule has 1 heterocycles. The van der Waals surface area contributed by atoms with Gasteiger partial charge in [0.1, 0.15) is 6.29 Å². The van der Waals surface area contributed by atoms with Crippen LogP contribution in [0.25, 0.3) is 0 Å². The molecule has 3 nitrogen and oxygen atoms in total. The maximum absolute atomic E-state index is 10.9. The maximum Gasteiger partial charge on any atom is 0.125 e. The molecule has 3 heteroatoms. The van der Waals surface area contributed by atoms with Gasteiger partial charge in [-0.3, -0.25) is 4.68 Å². The first-order chi connectivity index (χ1) is 7.69. The molecule has 17 heavy (non-hydrogen) atoms. The van der Waals surface area contributed by atoms with Crippen molar-refractivity contribution in [3.05, 3.63) is 17.5 Å². The van der Waals surface area contributed by atoms with Gasteiger partial charge in [0.2, 0.25) is 0 Å². The lowest BCUT2D eigenvalue weighted by atomic mass is 9.76. The van der Waals surface area contributed by atoms with Crippen molar-refractivity contribution in [3.8, 4) is 0 Å². The van der Waals surface area contributed by atoms with Crippen LogP contribution in [-0.4, -0.2) is 16.1 Å². The first kappa shape index (κ1) is 13.9. The third-order valence-electron chi connectivity index (χ3n) is 3.68.